The van der Waals surface area contributed by atoms with Crippen LogP contribution in [0.2, 0.25) is 5.02 Å². The summed E-state index contributed by atoms with van der Waals surface area (Å²) in [5.74, 6) is -3.64. The van der Waals surface area contributed by atoms with Crippen molar-refractivity contribution in [2.45, 2.75) is 69.5 Å². The van der Waals surface area contributed by atoms with E-state index < -0.39 is 57.9 Å². The third kappa shape index (κ3) is 4.64. The Bertz CT molecular complexity index is 1920. The van der Waals surface area contributed by atoms with Crippen LogP contribution in [0.5, 0.6) is 0 Å². The van der Waals surface area contributed by atoms with Gasteiger partial charge in [0.05, 0.1) is 18.5 Å². The molecule has 3 aromatic rings. The van der Waals surface area contributed by atoms with Gasteiger partial charge in [0.2, 0.25) is 5.91 Å². The van der Waals surface area contributed by atoms with Crippen LogP contribution in [0.1, 0.15) is 64.2 Å². The number of esters is 1. The lowest BCUT2D eigenvalue weighted by molar-refractivity contribution is -0.137. The lowest BCUT2D eigenvalue weighted by atomic mass is 9.54. The Labute approximate surface area is 283 Å². The average Bonchev–Trinajstić information content (AvgIpc) is 3.56. The second-order valence-corrected chi connectivity index (χ2v) is 14.4. The predicted octanol–water partition coefficient (Wildman–Crippen LogP) is 6.98. The van der Waals surface area contributed by atoms with Crippen molar-refractivity contribution in [1.29, 1.82) is 0 Å². The lowest BCUT2D eigenvalue weighted by Gasteiger charge is -2.42. The molecule has 10 nitrogen and oxygen atoms in total. The molecule has 4 amide bonds. The van der Waals surface area contributed by atoms with Crippen LogP contribution in [0.3, 0.4) is 0 Å². The molecule has 2 heterocycles. The standard InChI is InChI=1S/C37H35ClN2O8/c1-34(2,3)47-32(44)39-26-14-10-8-12-24(26)36(30(39)42)20-23(29(41)46-7)28(21-16-18-22(38)19-17-21)37(36)25-13-9-11-15-27(25)40(31(37)43)33(45)48-35(4,5)6/h8-20,28H,1-7H3/t28-,36-,37+/m1/s1. The van der Waals surface area contributed by atoms with Crippen LogP contribution in [0.25, 0.3) is 0 Å². The van der Waals surface area contributed by atoms with Crippen molar-refractivity contribution in [3.63, 3.8) is 0 Å². The van der Waals surface area contributed by atoms with E-state index in [0.29, 0.717) is 10.6 Å². The van der Waals surface area contributed by atoms with Crippen molar-refractivity contribution in [3.8, 4) is 0 Å². The molecule has 48 heavy (non-hydrogen) atoms. The highest BCUT2D eigenvalue weighted by atomic mass is 35.5. The molecule has 11 heteroatoms. The number of nitrogens with zero attached hydrogens (tertiary/aromatic N) is 2. The molecule has 0 saturated carbocycles. The summed E-state index contributed by atoms with van der Waals surface area (Å²) in [6, 6.07) is 19.7. The van der Waals surface area contributed by atoms with Crippen molar-refractivity contribution >= 4 is 52.9 Å². The molecule has 0 saturated heterocycles. The van der Waals surface area contributed by atoms with Gasteiger partial charge >= 0.3 is 18.2 Å². The highest BCUT2D eigenvalue weighted by Crippen LogP contribution is 2.69. The molecule has 2 spiro atoms. The maximum absolute atomic E-state index is 15.6. The zero-order valence-corrected chi connectivity index (χ0v) is 28.4. The number of carbonyl (C=O) groups excluding carboxylic acids is 5. The monoisotopic (exact) mass is 670 g/mol. The fourth-order valence-corrected chi connectivity index (χ4v) is 7.36. The van der Waals surface area contributed by atoms with E-state index in [9.17, 15) is 14.4 Å². The van der Waals surface area contributed by atoms with E-state index >= 15 is 9.59 Å². The van der Waals surface area contributed by atoms with Crippen molar-refractivity contribution in [1.82, 2.24) is 0 Å². The minimum absolute atomic E-state index is 0.0109. The summed E-state index contributed by atoms with van der Waals surface area (Å²) in [4.78, 5) is 74.4. The van der Waals surface area contributed by atoms with E-state index in [1.165, 1.54) is 13.2 Å². The smallest absolute Gasteiger partial charge is 0.421 e. The van der Waals surface area contributed by atoms with Crippen LogP contribution >= 0.6 is 11.6 Å². The second-order valence-electron chi connectivity index (χ2n) is 14.0. The molecule has 0 radical (unpaired) electrons. The molecule has 248 valence electrons. The van der Waals surface area contributed by atoms with Crippen molar-refractivity contribution in [2.75, 3.05) is 16.9 Å². The Hall–Kier alpha value is -4.96. The fraction of sp³-hybridized carbons (Fsp3) is 0.324. The molecule has 0 bridgehead atoms. The lowest BCUT2D eigenvalue weighted by Crippen LogP contribution is -2.60. The predicted molar refractivity (Wildman–Crippen MR) is 178 cm³/mol. The van der Waals surface area contributed by atoms with Crippen molar-refractivity contribution in [3.05, 3.63) is 106 Å². The Morgan fingerprint density at radius 1 is 0.708 bits per heavy atom. The SMILES string of the molecule is COC(=O)C1=C[C@@]2(C(=O)N(C(=O)OC(C)(C)C)c3ccccc32)[C@]2(C(=O)N(C(=O)OC(C)(C)C)c3ccccc32)[C@@H]1c1ccc(Cl)cc1. The van der Waals surface area contributed by atoms with Crippen LogP contribution in [0.4, 0.5) is 21.0 Å². The average molecular weight is 671 g/mol. The number of para-hydroxylation sites is 2. The number of hydrogen-bond acceptors (Lipinski definition) is 8. The molecule has 0 unspecified atom stereocenters. The fourth-order valence-electron chi connectivity index (χ4n) is 7.24. The van der Waals surface area contributed by atoms with Crippen LogP contribution < -0.4 is 9.80 Å². The van der Waals surface area contributed by atoms with Gasteiger partial charge in [-0.3, -0.25) is 9.59 Å². The van der Waals surface area contributed by atoms with Crippen molar-refractivity contribution in [2.24, 2.45) is 0 Å². The summed E-state index contributed by atoms with van der Waals surface area (Å²) >= 11 is 6.29. The molecule has 3 aliphatic rings. The number of halogens is 1. The highest BCUT2D eigenvalue weighted by Gasteiger charge is 2.78. The van der Waals surface area contributed by atoms with Crippen molar-refractivity contribution < 1.29 is 38.2 Å². The van der Waals surface area contributed by atoms with Gasteiger partial charge in [-0.05, 0) is 82.5 Å². The Morgan fingerprint density at radius 2 is 1.19 bits per heavy atom. The van der Waals surface area contributed by atoms with E-state index in [0.717, 1.165) is 9.80 Å². The third-order valence-electron chi connectivity index (χ3n) is 8.74. The molecule has 2 aliphatic heterocycles. The van der Waals surface area contributed by atoms with E-state index in [1.54, 1.807) is 114 Å². The number of amides is 4. The maximum Gasteiger partial charge on any atom is 0.421 e. The largest absolute Gasteiger partial charge is 0.466 e. The number of carbonyl (C=O) groups is 5. The van der Waals surface area contributed by atoms with E-state index in [4.69, 9.17) is 25.8 Å². The van der Waals surface area contributed by atoms with Crippen LogP contribution in [-0.4, -0.2) is 48.3 Å². The molecule has 0 N–H and O–H groups in total. The third-order valence-corrected chi connectivity index (χ3v) is 8.99. The zero-order chi connectivity index (χ0) is 35.0. The first-order valence-corrected chi connectivity index (χ1v) is 15.8. The van der Waals surface area contributed by atoms with Gasteiger partial charge in [0.1, 0.15) is 22.0 Å². The van der Waals surface area contributed by atoms with Gasteiger partial charge in [-0.15, -0.1) is 0 Å². The second kappa shape index (κ2) is 11.1. The molecule has 1 aliphatic carbocycles. The molecular weight excluding hydrogens is 636 g/mol. The minimum Gasteiger partial charge on any atom is -0.466 e. The summed E-state index contributed by atoms with van der Waals surface area (Å²) in [5, 5.41) is 0.399. The number of anilines is 2. The van der Waals surface area contributed by atoms with Gasteiger partial charge in [-0.25, -0.2) is 24.2 Å². The van der Waals surface area contributed by atoms with Crippen LogP contribution in [-0.2, 0) is 39.4 Å². The summed E-state index contributed by atoms with van der Waals surface area (Å²) in [5.41, 5.74) is -4.70. The van der Waals surface area contributed by atoms with E-state index in [2.05, 4.69) is 0 Å². The molecule has 3 atom stereocenters. The quantitative estimate of drug-likeness (QED) is 0.212. The summed E-state index contributed by atoms with van der Waals surface area (Å²) in [7, 11) is 1.20. The molecule has 3 aromatic carbocycles. The summed E-state index contributed by atoms with van der Waals surface area (Å²) in [6.45, 7) is 10.0. The molecule has 0 aromatic heterocycles. The number of hydrogen-bond donors (Lipinski definition) is 0. The number of ether oxygens (including phenoxy) is 3. The first-order chi connectivity index (χ1) is 22.5. The van der Waals surface area contributed by atoms with Crippen LogP contribution in [0.15, 0.2) is 84.4 Å². The van der Waals surface area contributed by atoms with Crippen LogP contribution in [0, 0.1) is 0 Å². The molecule has 6 rings (SSSR count). The normalized spacial score (nSPS) is 22.9. The topological polar surface area (TPSA) is 120 Å². The van der Waals surface area contributed by atoms with Gasteiger partial charge in [0.15, 0.2) is 0 Å². The number of benzene rings is 3. The first kappa shape index (κ1) is 33.0. The first-order valence-electron chi connectivity index (χ1n) is 15.4. The van der Waals surface area contributed by atoms with Gasteiger partial charge in [0, 0.05) is 16.5 Å². The van der Waals surface area contributed by atoms with Gasteiger partial charge < -0.3 is 14.2 Å². The van der Waals surface area contributed by atoms with Gasteiger partial charge in [-0.2, -0.15) is 0 Å². The minimum atomic E-state index is -2.04. The molecule has 0 fully saturated rings. The highest BCUT2D eigenvalue weighted by molar-refractivity contribution is 6.32. The number of rotatable bonds is 2. The number of methoxy groups -OCH3 is 1. The summed E-state index contributed by atoms with van der Waals surface area (Å²) in [6.07, 6.45) is -0.495. The van der Waals surface area contributed by atoms with Gasteiger partial charge in [0.25, 0.3) is 5.91 Å². The Kier molecular flexibility index (Phi) is 7.59. The Morgan fingerprint density at radius 3 is 1.71 bits per heavy atom. The van der Waals surface area contributed by atoms with E-state index in [-0.39, 0.29) is 28.1 Å². The number of imide groups is 2. The van der Waals surface area contributed by atoms with Gasteiger partial charge in [-0.1, -0.05) is 66.2 Å². The molecular formula is C37H35ClN2O8. The summed E-state index contributed by atoms with van der Waals surface area (Å²) < 4.78 is 16.7. The van der Waals surface area contributed by atoms with E-state index in [1.807, 2.05) is 0 Å². The maximum atomic E-state index is 15.6. The number of fused-ring (bicyclic) bond motifs is 5. The Balaban J connectivity index is 1.75. The zero-order valence-electron chi connectivity index (χ0n) is 27.6.